The van der Waals surface area contributed by atoms with Crippen LogP contribution >= 0.6 is 0 Å². The van der Waals surface area contributed by atoms with Gasteiger partial charge in [0.1, 0.15) is 11.5 Å². The zero-order chi connectivity index (χ0) is 19.8. The van der Waals surface area contributed by atoms with Crippen LogP contribution in [-0.2, 0) is 13.0 Å². The number of nitrogens with zero attached hydrogens (tertiary/aromatic N) is 1. The van der Waals surface area contributed by atoms with Crippen LogP contribution in [0.5, 0.6) is 11.5 Å². The highest BCUT2D eigenvalue weighted by Crippen LogP contribution is 2.43. The summed E-state index contributed by atoms with van der Waals surface area (Å²) >= 11 is 0. The molecule has 0 atom stereocenters. The SMILES string of the molecule is CC1(C)Cc2c(-c3ccccc3)c(-c3ccc(Oc4ccccc4)cc3)[c]n2C1. The summed E-state index contributed by atoms with van der Waals surface area (Å²) in [5.41, 5.74) is 6.59. The average Bonchev–Trinajstić information content (AvgIpc) is 3.21. The fraction of sp³-hybridized carbons (Fsp3) is 0.185. The van der Waals surface area contributed by atoms with Crippen LogP contribution < -0.4 is 4.74 Å². The molecule has 2 heteroatoms. The van der Waals surface area contributed by atoms with Crippen LogP contribution in [0.1, 0.15) is 19.5 Å². The molecule has 0 saturated carbocycles. The third kappa shape index (κ3) is 3.47. The molecule has 1 aliphatic heterocycles. The molecule has 143 valence electrons. The predicted octanol–water partition coefficient (Wildman–Crippen LogP) is 7.00. The van der Waals surface area contributed by atoms with Gasteiger partial charge in [0, 0.05) is 23.4 Å². The number of hydrogen-bond acceptors (Lipinski definition) is 1. The highest BCUT2D eigenvalue weighted by atomic mass is 16.5. The molecule has 2 heterocycles. The molecular weight excluding hydrogens is 354 g/mol. The molecule has 0 fully saturated rings. The van der Waals surface area contributed by atoms with Crippen LogP contribution in [-0.4, -0.2) is 4.57 Å². The van der Waals surface area contributed by atoms with E-state index in [-0.39, 0.29) is 5.41 Å². The quantitative estimate of drug-likeness (QED) is 0.373. The zero-order valence-corrected chi connectivity index (χ0v) is 16.9. The van der Waals surface area contributed by atoms with Gasteiger partial charge in [-0.3, -0.25) is 0 Å². The van der Waals surface area contributed by atoms with Crippen LogP contribution in [0.3, 0.4) is 0 Å². The van der Waals surface area contributed by atoms with Gasteiger partial charge in [-0.15, -0.1) is 0 Å². The van der Waals surface area contributed by atoms with Crippen molar-refractivity contribution in [3.8, 4) is 33.8 Å². The molecule has 0 amide bonds. The Morgan fingerprint density at radius 3 is 2.07 bits per heavy atom. The van der Waals surface area contributed by atoms with Crippen LogP contribution in [0.25, 0.3) is 22.3 Å². The fourth-order valence-corrected chi connectivity index (χ4v) is 4.23. The molecule has 5 rings (SSSR count). The highest BCUT2D eigenvalue weighted by molar-refractivity contribution is 5.85. The number of hydrogen-bond donors (Lipinski definition) is 0. The maximum atomic E-state index is 5.96. The lowest BCUT2D eigenvalue weighted by molar-refractivity contribution is 0.358. The Balaban J connectivity index is 1.53. The first-order valence-electron chi connectivity index (χ1n) is 10.1. The van der Waals surface area contributed by atoms with E-state index in [4.69, 9.17) is 4.74 Å². The number of para-hydroxylation sites is 1. The minimum Gasteiger partial charge on any atom is -0.457 e. The summed E-state index contributed by atoms with van der Waals surface area (Å²) in [5.74, 6) is 1.69. The van der Waals surface area contributed by atoms with Crippen molar-refractivity contribution in [3.63, 3.8) is 0 Å². The Kier molecular flexibility index (Phi) is 4.28. The van der Waals surface area contributed by atoms with Crippen molar-refractivity contribution >= 4 is 0 Å². The second kappa shape index (κ2) is 6.97. The molecule has 1 radical (unpaired) electrons. The van der Waals surface area contributed by atoms with Gasteiger partial charge >= 0.3 is 0 Å². The molecule has 2 nitrogen and oxygen atoms in total. The molecule has 1 aliphatic rings. The topological polar surface area (TPSA) is 14.2 Å². The predicted molar refractivity (Wildman–Crippen MR) is 118 cm³/mol. The minimum absolute atomic E-state index is 0.279. The van der Waals surface area contributed by atoms with E-state index >= 15 is 0 Å². The molecule has 29 heavy (non-hydrogen) atoms. The summed E-state index contributed by atoms with van der Waals surface area (Å²) in [6.45, 7) is 5.67. The summed E-state index contributed by atoms with van der Waals surface area (Å²) in [4.78, 5) is 0. The number of aromatic nitrogens is 1. The van der Waals surface area contributed by atoms with Gasteiger partial charge in [-0.25, -0.2) is 0 Å². The molecule has 3 aromatic carbocycles. The number of rotatable bonds is 4. The van der Waals surface area contributed by atoms with Crippen molar-refractivity contribution in [1.82, 2.24) is 4.57 Å². The lowest BCUT2D eigenvalue weighted by Gasteiger charge is -2.16. The Morgan fingerprint density at radius 2 is 1.38 bits per heavy atom. The summed E-state index contributed by atoms with van der Waals surface area (Å²) in [5, 5.41) is 0. The molecule has 0 saturated heterocycles. The van der Waals surface area contributed by atoms with Crippen LogP contribution in [0.15, 0.2) is 84.9 Å². The lowest BCUT2D eigenvalue weighted by atomic mass is 9.87. The van der Waals surface area contributed by atoms with E-state index in [0.717, 1.165) is 24.5 Å². The van der Waals surface area contributed by atoms with Crippen LogP contribution in [0.4, 0.5) is 0 Å². The summed E-state index contributed by atoms with van der Waals surface area (Å²) < 4.78 is 8.28. The van der Waals surface area contributed by atoms with Gasteiger partial charge in [0.15, 0.2) is 0 Å². The summed E-state index contributed by atoms with van der Waals surface area (Å²) in [6.07, 6.45) is 4.75. The standard InChI is InChI=1S/C27H24NO/c1-27(2)17-25-26(21-9-5-3-6-10-21)24(18-28(25)19-27)20-13-15-23(16-14-20)29-22-11-7-4-8-12-22/h3-16H,17,19H2,1-2H3. The molecule has 0 spiro atoms. The first kappa shape index (κ1) is 17.8. The first-order chi connectivity index (χ1) is 14.1. The molecule has 0 unspecified atom stereocenters. The highest BCUT2D eigenvalue weighted by Gasteiger charge is 2.33. The third-order valence-corrected chi connectivity index (χ3v) is 5.53. The maximum Gasteiger partial charge on any atom is 0.127 e. The summed E-state index contributed by atoms with van der Waals surface area (Å²) in [6, 6.07) is 28.9. The van der Waals surface area contributed by atoms with Crippen molar-refractivity contribution in [2.24, 2.45) is 5.41 Å². The maximum absolute atomic E-state index is 5.96. The Hall–Kier alpha value is -3.26. The van der Waals surface area contributed by atoms with Crippen molar-refractivity contribution in [2.45, 2.75) is 26.8 Å². The van der Waals surface area contributed by atoms with Gasteiger partial charge in [0.25, 0.3) is 0 Å². The van der Waals surface area contributed by atoms with E-state index in [9.17, 15) is 0 Å². The van der Waals surface area contributed by atoms with Crippen LogP contribution in [0, 0.1) is 11.6 Å². The van der Waals surface area contributed by atoms with E-state index in [1.54, 1.807) is 0 Å². The Morgan fingerprint density at radius 1 is 0.759 bits per heavy atom. The average molecular weight is 378 g/mol. The van der Waals surface area contributed by atoms with Gasteiger partial charge < -0.3 is 9.30 Å². The van der Waals surface area contributed by atoms with Gasteiger partial charge in [-0.05, 0) is 47.2 Å². The molecule has 0 N–H and O–H groups in total. The fourth-order valence-electron chi connectivity index (χ4n) is 4.23. The molecule has 0 bridgehead atoms. The normalized spacial score (nSPS) is 14.6. The van der Waals surface area contributed by atoms with Crippen molar-refractivity contribution in [1.29, 1.82) is 0 Å². The molecular formula is C27H24NO. The van der Waals surface area contributed by atoms with Gasteiger partial charge in [0.2, 0.25) is 0 Å². The Bertz CT molecular complexity index is 1120. The monoisotopic (exact) mass is 378 g/mol. The first-order valence-corrected chi connectivity index (χ1v) is 10.1. The third-order valence-electron chi connectivity index (χ3n) is 5.53. The zero-order valence-electron chi connectivity index (χ0n) is 16.9. The lowest BCUT2D eigenvalue weighted by Crippen LogP contribution is -2.12. The van der Waals surface area contributed by atoms with Crippen molar-refractivity contribution < 1.29 is 4.74 Å². The van der Waals surface area contributed by atoms with Gasteiger partial charge in [-0.2, -0.15) is 0 Å². The van der Waals surface area contributed by atoms with Gasteiger partial charge in [0.05, 0.1) is 6.20 Å². The van der Waals surface area contributed by atoms with E-state index in [2.05, 4.69) is 67.1 Å². The second-order valence-corrected chi connectivity index (χ2v) is 8.54. The minimum atomic E-state index is 0.279. The largest absolute Gasteiger partial charge is 0.457 e. The molecule has 0 aliphatic carbocycles. The van der Waals surface area contributed by atoms with E-state index in [1.165, 1.54) is 27.9 Å². The second-order valence-electron chi connectivity index (χ2n) is 8.54. The smallest absolute Gasteiger partial charge is 0.127 e. The molecule has 4 aromatic rings. The van der Waals surface area contributed by atoms with Gasteiger partial charge in [-0.1, -0.05) is 74.5 Å². The molecule has 1 aromatic heterocycles. The van der Waals surface area contributed by atoms with E-state index < -0.39 is 0 Å². The van der Waals surface area contributed by atoms with Crippen LogP contribution in [0.2, 0.25) is 0 Å². The van der Waals surface area contributed by atoms with Crippen molar-refractivity contribution in [3.05, 3.63) is 96.8 Å². The van der Waals surface area contributed by atoms with E-state index in [1.807, 2.05) is 42.5 Å². The number of ether oxygens (including phenoxy) is 1. The van der Waals surface area contributed by atoms with E-state index in [0.29, 0.717) is 0 Å². The summed E-state index contributed by atoms with van der Waals surface area (Å²) in [7, 11) is 0. The number of benzene rings is 3. The van der Waals surface area contributed by atoms with Crippen molar-refractivity contribution in [2.75, 3.05) is 0 Å². The number of fused-ring (bicyclic) bond motifs is 1. The Labute approximate surface area is 172 Å².